The third-order valence-corrected chi connectivity index (χ3v) is 4.38. The number of carbonyl (C=O) groups is 3. The third kappa shape index (κ3) is 5.90. The van der Waals surface area contributed by atoms with E-state index < -0.39 is 17.9 Å². The smallest absolute Gasteiger partial charge is 0.325 e. The Labute approximate surface area is 162 Å². The van der Waals surface area contributed by atoms with E-state index in [9.17, 15) is 18.8 Å². The molecule has 0 fully saturated rings. The molecule has 3 N–H and O–H groups in total. The highest BCUT2D eigenvalue weighted by Gasteiger charge is 2.16. The quantitative estimate of drug-likeness (QED) is 0.649. The van der Waals surface area contributed by atoms with Crippen LogP contribution in [0.3, 0.4) is 0 Å². The van der Waals surface area contributed by atoms with E-state index >= 15 is 0 Å². The monoisotopic (exact) mass is 386 g/mol. The molecule has 0 aliphatic heterocycles. The zero-order valence-electron chi connectivity index (χ0n) is 15.7. The average Bonchev–Trinajstić information content (AvgIpc) is 2.67. The maximum Gasteiger partial charge on any atom is 0.325 e. The van der Waals surface area contributed by atoms with Gasteiger partial charge in [-0.3, -0.25) is 14.4 Å². The standard InChI is InChI=1S/C21H23FN2O4/c1-13(7-8-15-5-3-4-6-18(15)22)19(25)24-17-11-9-16(10-12-17)20(26)23-14(2)21(27)28/h3-6,9-14H,7-8H2,1-2H3,(H,23,26)(H,24,25)(H,27,28). The summed E-state index contributed by atoms with van der Waals surface area (Å²) < 4.78 is 13.6. The van der Waals surface area contributed by atoms with Gasteiger partial charge in [0.2, 0.25) is 5.91 Å². The molecule has 0 saturated heterocycles. The Morgan fingerprint density at radius 1 is 1.04 bits per heavy atom. The van der Waals surface area contributed by atoms with E-state index in [2.05, 4.69) is 10.6 Å². The number of halogens is 1. The van der Waals surface area contributed by atoms with Gasteiger partial charge < -0.3 is 15.7 Å². The molecule has 148 valence electrons. The molecule has 6 nitrogen and oxygen atoms in total. The van der Waals surface area contributed by atoms with E-state index in [1.54, 1.807) is 37.3 Å². The van der Waals surface area contributed by atoms with Crippen molar-refractivity contribution >= 4 is 23.5 Å². The molecular weight excluding hydrogens is 363 g/mol. The van der Waals surface area contributed by atoms with E-state index in [1.165, 1.54) is 25.1 Å². The van der Waals surface area contributed by atoms with E-state index in [4.69, 9.17) is 5.11 Å². The van der Waals surface area contributed by atoms with Crippen LogP contribution in [0.15, 0.2) is 48.5 Å². The van der Waals surface area contributed by atoms with Gasteiger partial charge in [-0.1, -0.05) is 25.1 Å². The van der Waals surface area contributed by atoms with Crippen LogP contribution in [0.5, 0.6) is 0 Å². The second kappa shape index (κ2) is 9.64. The molecule has 0 aliphatic carbocycles. The Morgan fingerprint density at radius 2 is 1.68 bits per heavy atom. The number of nitrogens with one attached hydrogen (secondary N) is 2. The third-order valence-electron chi connectivity index (χ3n) is 4.38. The fourth-order valence-corrected chi connectivity index (χ4v) is 2.52. The van der Waals surface area contributed by atoms with Crippen molar-refractivity contribution in [1.29, 1.82) is 0 Å². The molecule has 0 radical (unpaired) electrons. The summed E-state index contributed by atoms with van der Waals surface area (Å²) in [5.74, 6) is -2.43. The first-order valence-electron chi connectivity index (χ1n) is 8.96. The molecule has 2 amide bonds. The molecule has 0 spiro atoms. The predicted octanol–water partition coefficient (Wildman–Crippen LogP) is 3.24. The first-order chi connectivity index (χ1) is 13.3. The summed E-state index contributed by atoms with van der Waals surface area (Å²) in [6, 6.07) is 11.6. The van der Waals surface area contributed by atoms with Gasteiger partial charge in [-0.2, -0.15) is 0 Å². The maximum absolute atomic E-state index is 13.6. The van der Waals surface area contributed by atoms with Gasteiger partial charge in [-0.25, -0.2) is 4.39 Å². The van der Waals surface area contributed by atoms with Crippen LogP contribution in [0.4, 0.5) is 10.1 Å². The highest BCUT2D eigenvalue weighted by molar-refractivity contribution is 5.97. The molecule has 0 saturated carbocycles. The molecule has 0 aliphatic rings. The minimum Gasteiger partial charge on any atom is -0.480 e. The van der Waals surface area contributed by atoms with Crippen LogP contribution in [-0.2, 0) is 16.0 Å². The van der Waals surface area contributed by atoms with Crippen molar-refractivity contribution in [3.05, 3.63) is 65.5 Å². The van der Waals surface area contributed by atoms with Crippen molar-refractivity contribution in [3.63, 3.8) is 0 Å². The van der Waals surface area contributed by atoms with Crippen LogP contribution in [0.2, 0.25) is 0 Å². The van der Waals surface area contributed by atoms with Gasteiger partial charge in [-0.15, -0.1) is 0 Å². The molecule has 28 heavy (non-hydrogen) atoms. The number of anilines is 1. The maximum atomic E-state index is 13.6. The Balaban J connectivity index is 1.88. The van der Waals surface area contributed by atoms with E-state index in [0.717, 1.165) is 0 Å². The number of hydrogen-bond acceptors (Lipinski definition) is 3. The molecule has 2 atom stereocenters. The Bertz CT molecular complexity index is 852. The van der Waals surface area contributed by atoms with Gasteiger partial charge in [0.15, 0.2) is 0 Å². The number of carboxylic acid groups (broad SMARTS) is 1. The van der Waals surface area contributed by atoms with E-state index in [0.29, 0.717) is 29.7 Å². The Kier molecular flexibility index (Phi) is 7.26. The summed E-state index contributed by atoms with van der Waals surface area (Å²) in [7, 11) is 0. The highest BCUT2D eigenvalue weighted by Crippen LogP contribution is 2.16. The number of carboxylic acids is 1. The summed E-state index contributed by atoms with van der Waals surface area (Å²) >= 11 is 0. The molecule has 2 aromatic carbocycles. The second-order valence-electron chi connectivity index (χ2n) is 6.63. The Hall–Kier alpha value is -3.22. The first kappa shape index (κ1) is 21.1. The van der Waals surface area contributed by atoms with Gasteiger partial charge in [0, 0.05) is 17.2 Å². The van der Waals surface area contributed by atoms with Crippen LogP contribution < -0.4 is 10.6 Å². The van der Waals surface area contributed by atoms with Gasteiger partial charge in [0.05, 0.1) is 0 Å². The van der Waals surface area contributed by atoms with E-state index in [1.807, 2.05) is 0 Å². The molecule has 7 heteroatoms. The highest BCUT2D eigenvalue weighted by atomic mass is 19.1. The fourth-order valence-electron chi connectivity index (χ4n) is 2.52. The summed E-state index contributed by atoms with van der Waals surface area (Å²) in [5, 5.41) is 13.9. The summed E-state index contributed by atoms with van der Waals surface area (Å²) in [6.45, 7) is 3.14. The van der Waals surface area contributed by atoms with Gasteiger partial charge in [0.25, 0.3) is 5.91 Å². The molecule has 2 rings (SSSR count). The van der Waals surface area contributed by atoms with Gasteiger partial charge in [0.1, 0.15) is 11.9 Å². The lowest BCUT2D eigenvalue weighted by Crippen LogP contribution is -2.38. The zero-order chi connectivity index (χ0) is 20.7. The minimum absolute atomic E-state index is 0.201. The average molecular weight is 386 g/mol. The van der Waals surface area contributed by atoms with Crippen molar-refractivity contribution in [3.8, 4) is 0 Å². The lowest BCUT2D eigenvalue weighted by atomic mass is 10.00. The molecule has 0 bridgehead atoms. The number of carbonyl (C=O) groups excluding carboxylic acids is 2. The lowest BCUT2D eigenvalue weighted by molar-refractivity contribution is -0.138. The Morgan fingerprint density at radius 3 is 2.29 bits per heavy atom. The number of aliphatic carboxylic acids is 1. The molecular formula is C21H23FN2O4. The topological polar surface area (TPSA) is 95.5 Å². The van der Waals surface area contributed by atoms with Gasteiger partial charge >= 0.3 is 5.97 Å². The number of hydrogen-bond donors (Lipinski definition) is 3. The van der Waals surface area contributed by atoms with Crippen LogP contribution in [0, 0.1) is 11.7 Å². The molecule has 2 unspecified atom stereocenters. The molecule has 0 heterocycles. The number of aryl methyl sites for hydroxylation is 1. The largest absolute Gasteiger partial charge is 0.480 e. The number of amides is 2. The molecule has 2 aromatic rings. The summed E-state index contributed by atoms with van der Waals surface area (Å²) in [5.41, 5.74) is 1.39. The zero-order valence-corrected chi connectivity index (χ0v) is 15.7. The first-order valence-corrected chi connectivity index (χ1v) is 8.96. The van der Waals surface area contributed by atoms with Gasteiger partial charge in [-0.05, 0) is 55.7 Å². The predicted molar refractivity (Wildman–Crippen MR) is 104 cm³/mol. The van der Waals surface area contributed by atoms with Crippen molar-refractivity contribution in [2.24, 2.45) is 5.92 Å². The minimum atomic E-state index is -1.12. The second-order valence-corrected chi connectivity index (χ2v) is 6.63. The molecule has 0 aromatic heterocycles. The fraction of sp³-hybridized carbons (Fsp3) is 0.286. The number of benzene rings is 2. The van der Waals surface area contributed by atoms with Crippen LogP contribution >= 0.6 is 0 Å². The summed E-state index contributed by atoms with van der Waals surface area (Å²) in [4.78, 5) is 35.0. The van der Waals surface area contributed by atoms with Crippen LogP contribution in [0.1, 0.15) is 36.2 Å². The van der Waals surface area contributed by atoms with E-state index in [-0.39, 0.29) is 17.6 Å². The normalized spacial score (nSPS) is 12.7. The van der Waals surface area contributed by atoms with Crippen molar-refractivity contribution < 1.29 is 23.9 Å². The number of rotatable bonds is 8. The van der Waals surface area contributed by atoms with Crippen molar-refractivity contribution in [2.45, 2.75) is 32.7 Å². The SMILES string of the molecule is CC(CCc1ccccc1F)C(=O)Nc1ccc(C(=O)NC(C)C(=O)O)cc1. The summed E-state index contributed by atoms with van der Waals surface area (Å²) in [6.07, 6.45) is 0.961. The lowest BCUT2D eigenvalue weighted by Gasteiger charge is -2.13. The van der Waals surface area contributed by atoms with Crippen molar-refractivity contribution in [2.75, 3.05) is 5.32 Å². The van der Waals surface area contributed by atoms with Crippen molar-refractivity contribution in [1.82, 2.24) is 5.32 Å². The van der Waals surface area contributed by atoms with Crippen LogP contribution in [0.25, 0.3) is 0 Å². The van der Waals surface area contributed by atoms with Crippen LogP contribution in [-0.4, -0.2) is 28.9 Å².